The molecule has 2 aromatic rings. The lowest BCUT2D eigenvalue weighted by molar-refractivity contribution is 0.567. The average molecular weight is 236 g/mol. The van der Waals surface area contributed by atoms with E-state index in [4.69, 9.17) is 0 Å². The molecule has 0 aromatic carbocycles. The number of aryl methyl sites for hydroxylation is 2. The van der Waals surface area contributed by atoms with Gasteiger partial charge in [-0.25, -0.2) is 4.98 Å². The lowest BCUT2D eigenvalue weighted by Crippen LogP contribution is -2.20. The first-order valence-electron chi connectivity index (χ1n) is 5.37. The van der Waals surface area contributed by atoms with E-state index in [0.717, 1.165) is 11.6 Å². The number of nitrogens with one attached hydrogen (secondary N) is 1. The van der Waals surface area contributed by atoms with Gasteiger partial charge in [-0.1, -0.05) is 0 Å². The molecule has 0 amide bonds. The van der Waals surface area contributed by atoms with Crippen LogP contribution in [0.3, 0.4) is 0 Å². The second kappa shape index (κ2) is 4.76. The number of nitrogens with zero attached hydrogens (tertiary/aromatic N) is 3. The van der Waals surface area contributed by atoms with Crippen LogP contribution in [0.5, 0.6) is 0 Å². The minimum atomic E-state index is 0.189. The molecule has 86 valence electrons. The molecule has 0 saturated carbocycles. The van der Waals surface area contributed by atoms with Gasteiger partial charge in [-0.3, -0.25) is 4.68 Å². The van der Waals surface area contributed by atoms with Gasteiger partial charge in [0.2, 0.25) is 0 Å². The van der Waals surface area contributed by atoms with Gasteiger partial charge in [0.1, 0.15) is 0 Å². The maximum absolute atomic E-state index is 4.30. The number of hydrogen-bond acceptors (Lipinski definition) is 4. The predicted octanol–water partition coefficient (Wildman–Crippen LogP) is 1.98. The minimum Gasteiger partial charge on any atom is -0.307 e. The van der Waals surface area contributed by atoms with Gasteiger partial charge in [0.25, 0.3) is 0 Å². The summed E-state index contributed by atoms with van der Waals surface area (Å²) in [5.74, 6) is 0. The van der Waals surface area contributed by atoms with Crippen LogP contribution in [-0.4, -0.2) is 21.8 Å². The number of aromatic nitrogens is 3. The summed E-state index contributed by atoms with van der Waals surface area (Å²) in [5.41, 5.74) is 1.19. The molecule has 2 aromatic heterocycles. The van der Waals surface area contributed by atoms with Crippen LogP contribution >= 0.6 is 11.3 Å². The largest absolute Gasteiger partial charge is 0.307 e. The van der Waals surface area contributed by atoms with E-state index in [2.05, 4.69) is 28.4 Å². The first-order valence-corrected chi connectivity index (χ1v) is 6.19. The second-order valence-corrected chi connectivity index (χ2v) is 4.84. The molecule has 0 aliphatic carbocycles. The Morgan fingerprint density at radius 2 is 2.38 bits per heavy atom. The molecular weight excluding hydrogens is 220 g/mol. The summed E-state index contributed by atoms with van der Waals surface area (Å²) in [7, 11) is 1.96. The van der Waals surface area contributed by atoms with Crippen LogP contribution in [0.1, 0.15) is 28.5 Å². The predicted molar refractivity (Wildman–Crippen MR) is 65.7 cm³/mol. The van der Waals surface area contributed by atoms with Gasteiger partial charge in [0.05, 0.1) is 16.7 Å². The zero-order valence-electron chi connectivity index (χ0n) is 9.77. The molecule has 0 fully saturated rings. The van der Waals surface area contributed by atoms with Crippen molar-refractivity contribution in [2.75, 3.05) is 7.05 Å². The van der Waals surface area contributed by atoms with E-state index in [1.165, 1.54) is 10.6 Å². The first-order chi connectivity index (χ1) is 7.76. The Hall–Kier alpha value is -1.20. The van der Waals surface area contributed by atoms with E-state index < -0.39 is 0 Å². The second-order valence-electron chi connectivity index (χ2n) is 3.58. The van der Waals surface area contributed by atoms with E-state index in [1.54, 1.807) is 11.3 Å². The summed E-state index contributed by atoms with van der Waals surface area (Å²) in [6, 6.07) is 2.24. The van der Waals surface area contributed by atoms with Crippen LogP contribution in [0.4, 0.5) is 0 Å². The van der Waals surface area contributed by atoms with Crippen molar-refractivity contribution in [3.8, 4) is 0 Å². The molecule has 5 heteroatoms. The summed E-state index contributed by atoms with van der Waals surface area (Å²) in [6.45, 7) is 5.01. The Bertz CT molecular complexity index is 460. The molecule has 1 atom stereocenters. The highest BCUT2D eigenvalue weighted by molar-refractivity contribution is 7.11. The van der Waals surface area contributed by atoms with Crippen LogP contribution in [0.25, 0.3) is 0 Å². The van der Waals surface area contributed by atoms with Crippen molar-refractivity contribution < 1.29 is 0 Å². The molecule has 0 aliphatic rings. The van der Waals surface area contributed by atoms with Crippen molar-refractivity contribution in [3.05, 3.63) is 34.0 Å². The fraction of sp³-hybridized carbons (Fsp3) is 0.455. The van der Waals surface area contributed by atoms with E-state index in [9.17, 15) is 0 Å². The highest BCUT2D eigenvalue weighted by Crippen LogP contribution is 2.26. The maximum atomic E-state index is 4.30. The van der Waals surface area contributed by atoms with Gasteiger partial charge in [0.15, 0.2) is 0 Å². The SMILES string of the molecule is CCn1nccc1C(NC)c1cnc(C)s1. The summed E-state index contributed by atoms with van der Waals surface area (Å²) < 4.78 is 2.01. The molecule has 4 nitrogen and oxygen atoms in total. The van der Waals surface area contributed by atoms with Crippen LogP contribution < -0.4 is 5.32 Å². The van der Waals surface area contributed by atoms with Gasteiger partial charge in [-0.2, -0.15) is 5.10 Å². The third-order valence-corrected chi connectivity index (χ3v) is 3.53. The molecule has 0 saturated heterocycles. The number of rotatable bonds is 4. The van der Waals surface area contributed by atoms with Crippen molar-refractivity contribution in [3.63, 3.8) is 0 Å². The Morgan fingerprint density at radius 3 is 2.94 bits per heavy atom. The zero-order valence-corrected chi connectivity index (χ0v) is 10.6. The standard InChI is InChI=1S/C11H16N4S/c1-4-15-9(5-6-14-15)11(12-3)10-7-13-8(2)16-10/h5-7,11-12H,4H2,1-3H3. The molecule has 0 radical (unpaired) electrons. The summed E-state index contributed by atoms with van der Waals surface area (Å²) >= 11 is 1.72. The molecule has 16 heavy (non-hydrogen) atoms. The third kappa shape index (κ3) is 2.01. The van der Waals surface area contributed by atoms with Gasteiger partial charge < -0.3 is 5.32 Å². The van der Waals surface area contributed by atoms with Gasteiger partial charge >= 0.3 is 0 Å². The molecule has 0 bridgehead atoms. The zero-order chi connectivity index (χ0) is 11.5. The van der Waals surface area contributed by atoms with E-state index in [1.807, 2.05) is 31.0 Å². The lowest BCUT2D eigenvalue weighted by atomic mass is 10.2. The average Bonchev–Trinajstić information content (AvgIpc) is 2.89. The van der Waals surface area contributed by atoms with Crippen molar-refractivity contribution in [2.45, 2.75) is 26.4 Å². The third-order valence-electron chi connectivity index (χ3n) is 2.56. The lowest BCUT2D eigenvalue weighted by Gasteiger charge is -2.15. The van der Waals surface area contributed by atoms with Crippen LogP contribution in [-0.2, 0) is 6.54 Å². The summed E-state index contributed by atoms with van der Waals surface area (Å²) in [6.07, 6.45) is 3.78. The Kier molecular flexibility index (Phi) is 3.36. The Labute approximate surface area is 99.3 Å². The minimum absolute atomic E-state index is 0.189. The molecular formula is C11H16N4S. The quantitative estimate of drug-likeness (QED) is 0.882. The monoisotopic (exact) mass is 236 g/mol. The molecule has 2 heterocycles. The fourth-order valence-corrected chi connectivity index (χ4v) is 2.71. The van der Waals surface area contributed by atoms with Crippen LogP contribution in [0.2, 0.25) is 0 Å². The van der Waals surface area contributed by atoms with Gasteiger partial charge in [0, 0.05) is 23.8 Å². The highest BCUT2D eigenvalue weighted by atomic mass is 32.1. The van der Waals surface area contributed by atoms with Crippen molar-refractivity contribution in [1.82, 2.24) is 20.1 Å². The number of thiazole rings is 1. The van der Waals surface area contributed by atoms with Crippen LogP contribution in [0, 0.1) is 6.92 Å². The molecule has 0 aliphatic heterocycles. The number of hydrogen-bond donors (Lipinski definition) is 1. The van der Waals surface area contributed by atoms with Crippen LogP contribution in [0.15, 0.2) is 18.5 Å². The molecule has 2 rings (SSSR count). The van der Waals surface area contributed by atoms with E-state index >= 15 is 0 Å². The van der Waals surface area contributed by atoms with Crippen molar-refractivity contribution in [2.24, 2.45) is 0 Å². The molecule has 1 N–H and O–H groups in total. The normalized spacial score (nSPS) is 12.9. The highest BCUT2D eigenvalue weighted by Gasteiger charge is 2.17. The van der Waals surface area contributed by atoms with Gasteiger partial charge in [-0.05, 0) is 27.0 Å². The van der Waals surface area contributed by atoms with Gasteiger partial charge in [-0.15, -0.1) is 11.3 Å². The van der Waals surface area contributed by atoms with Crippen molar-refractivity contribution >= 4 is 11.3 Å². The van der Waals surface area contributed by atoms with Crippen molar-refractivity contribution in [1.29, 1.82) is 0 Å². The maximum Gasteiger partial charge on any atom is 0.0897 e. The smallest absolute Gasteiger partial charge is 0.0897 e. The first kappa shape index (κ1) is 11.3. The topological polar surface area (TPSA) is 42.7 Å². The fourth-order valence-electron chi connectivity index (χ4n) is 1.80. The van der Waals surface area contributed by atoms with E-state index in [0.29, 0.717) is 0 Å². The Morgan fingerprint density at radius 1 is 1.56 bits per heavy atom. The molecule has 1 unspecified atom stereocenters. The Balaban J connectivity index is 2.36. The molecule has 0 spiro atoms. The summed E-state index contributed by atoms with van der Waals surface area (Å²) in [5, 5.41) is 8.71. The van der Waals surface area contributed by atoms with E-state index in [-0.39, 0.29) is 6.04 Å². The summed E-state index contributed by atoms with van der Waals surface area (Å²) in [4.78, 5) is 5.53.